The lowest BCUT2D eigenvalue weighted by atomic mass is 9.85. The maximum absolute atomic E-state index is 14.8. The van der Waals surface area contributed by atoms with Crippen molar-refractivity contribution >= 4 is 33.6 Å². The molecule has 3 atom stereocenters. The number of anilines is 2. The molecule has 2 amide bonds. The van der Waals surface area contributed by atoms with Gasteiger partial charge < -0.3 is 15.0 Å². The molecule has 2 aromatic carbocycles. The largest absolute Gasteiger partial charge is 0.484 e. The van der Waals surface area contributed by atoms with Crippen molar-refractivity contribution in [3.8, 4) is 11.4 Å². The molecular weight excluding hydrogens is 700 g/mol. The van der Waals surface area contributed by atoms with Crippen LogP contribution in [0.5, 0.6) is 5.75 Å². The fourth-order valence-electron chi connectivity index (χ4n) is 7.07. The highest BCUT2D eigenvalue weighted by Crippen LogP contribution is 2.39. The standard InChI is InChI=1S/C38H45FN8O5S/c1-24-10-8-9-17-45(24)37-43-42-34-16-13-28(22-46(34)37)52-32-15-14-31(29-11-6-7-12-30(29)32)40-36(48)41-35-21-33(38(2,3)4)44-47(35)27-19-25(18-26(39)20-27)23-51-53(5,49)50/h6-7,11-13,16,18-22,24,31-32H,8-10,14-15,17,23H2,1-5H3,(H2,40,41,48)/t24-,31-,32+/m0/s1. The minimum Gasteiger partial charge on any atom is -0.484 e. The van der Waals surface area contributed by atoms with Crippen LogP contribution in [0.3, 0.4) is 0 Å². The number of amides is 2. The summed E-state index contributed by atoms with van der Waals surface area (Å²) in [5.41, 5.74) is 3.57. The van der Waals surface area contributed by atoms with Gasteiger partial charge in [-0.2, -0.15) is 13.5 Å². The molecule has 1 saturated heterocycles. The Hall–Kier alpha value is -5.02. The average molecular weight is 745 g/mol. The Morgan fingerprint density at radius 1 is 1.00 bits per heavy atom. The molecule has 1 fully saturated rings. The van der Waals surface area contributed by atoms with Crippen molar-refractivity contribution in [1.82, 2.24) is 29.7 Å². The average Bonchev–Trinajstić information content (AvgIpc) is 3.73. The van der Waals surface area contributed by atoms with Crippen LogP contribution in [-0.4, -0.2) is 57.7 Å². The van der Waals surface area contributed by atoms with E-state index in [4.69, 9.17) is 14.0 Å². The summed E-state index contributed by atoms with van der Waals surface area (Å²) in [5, 5.41) is 19.7. The number of aromatic nitrogens is 5. The van der Waals surface area contributed by atoms with Crippen molar-refractivity contribution in [2.75, 3.05) is 23.0 Å². The van der Waals surface area contributed by atoms with E-state index in [9.17, 15) is 17.6 Å². The molecule has 0 radical (unpaired) electrons. The molecule has 0 spiro atoms. The van der Waals surface area contributed by atoms with Crippen molar-refractivity contribution in [3.63, 3.8) is 0 Å². The highest BCUT2D eigenvalue weighted by molar-refractivity contribution is 7.85. The number of piperidine rings is 1. The van der Waals surface area contributed by atoms with Gasteiger partial charge in [0.15, 0.2) is 5.65 Å². The summed E-state index contributed by atoms with van der Waals surface area (Å²) in [6.07, 6.45) is 7.41. The van der Waals surface area contributed by atoms with E-state index in [1.165, 1.54) is 23.2 Å². The third-order valence-electron chi connectivity index (χ3n) is 9.78. The Balaban J connectivity index is 1.09. The van der Waals surface area contributed by atoms with E-state index in [2.05, 4.69) is 32.7 Å². The minimum absolute atomic E-state index is 0.233. The van der Waals surface area contributed by atoms with Gasteiger partial charge in [-0.25, -0.2) is 13.9 Å². The van der Waals surface area contributed by atoms with Gasteiger partial charge in [0, 0.05) is 24.1 Å². The normalized spacial score (nSPS) is 19.2. The number of hydrogen-bond donors (Lipinski definition) is 2. The number of carbonyl (C=O) groups is 1. The van der Waals surface area contributed by atoms with E-state index in [-0.39, 0.29) is 18.8 Å². The summed E-state index contributed by atoms with van der Waals surface area (Å²) in [6.45, 7) is 8.77. The number of benzene rings is 2. The Morgan fingerprint density at radius 3 is 2.55 bits per heavy atom. The van der Waals surface area contributed by atoms with Crippen LogP contribution in [0.2, 0.25) is 0 Å². The van der Waals surface area contributed by atoms with E-state index < -0.39 is 27.4 Å². The minimum atomic E-state index is -3.75. The monoisotopic (exact) mass is 744 g/mol. The van der Waals surface area contributed by atoms with Gasteiger partial charge in [0.25, 0.3) is 10.1 Å². The van der Waals surface area contributed by atoms with E-state index >= 15 is 0 Å². The molecule has 53 heavy (non-hydrogen) atoms. The summed E-state index contributed by atoms with van der Waals surface area (Å²) in [6, 6.07) is 17.2. The summed E-state index contributed by atoms with van der Waals surface area (Å²) >= 11 is 0. The van der Waals surface area contributed by atoms with Gasteiger partial charge >= 0.3 is 6.03 Å². The molecular formula is C38H45FN8O5S. The quantitative estimate of drug-likeness (QED) is 0.153. The number of pyridine rings is 1. The second kappa shape index (κ2) is 14.4. The van der Waals surface area contributed by atoms with Crippen LogP contribution >= 0.6 is 0 Å². The number of nitrogens with one attached hydrogen (secondary N) is 2. The van der Waals surface area contributed by atoms with Crippen molar-refractivity contribution in [2.45, 2.75) is 90.0 Å². The Kier molecular flexibility index (Phi) is 9.89. The predicted molar refractivity (Wildman–Crippen MR) is 199 cm³/mol. The zero-order valence-electron chi connectivity index (χ0n) is 30.5. The smallest absolute Gasteiger partial charge is 0.320 e. The topological polar surface area (TPSA) is 145 Å². The Bertz CT molecular complexity index is 2250. The SMILES string of the molecule is C[C@H]1CCCCN1c1nnc2ccc(O[C@@H]3CC[C@H](NC(=O)Nc4cc(C(C)(C)C)nn4-c4cc(F)cc(COS(C)(=O)=O)c4)c4ccccc43)cn12. The zero-order valence-corrected chi connectivity index (χ0v) is 31.4. The third kappa shape index (κ3) is 8.15. The van der Waals surface area contributed by atoms with Crippen molar-refractivity contribution < 1.29 is 26.5 Å². The van der Waals surface area contributed by atoms with Gasteiger partial charge in [0.2, 0.25) is 5.95 Å². The van der Waals surface area contributed by atoms with Crippen LogP contribution in [0.15, 0.2) is 66.9 Å². The summed E-state index contributed by atoms with van der Waals surface area (Å²) < 4.78 is 52.9. The van der Waals surface area contributed by atoms with E-state index in [0.29, 0.717) is 47.4 Å². The molecule has 0 saturated carbocycles. The van der Waals surface area contributed by atoms with E-state index in [1.54, 1.807) is 12.1 Å². The van der Waals surface area contributed by atoms with Crippen LogP contribution in [0.1, 0.15) is 94.3 Å². The molecule has 1 aliphatic carbocycles. The van der Waals surface area contributed by atoms with Gasteiger partial charge in [0.1, 0.15) is 23.5 Å². The fraction of sp³-hybridized carbons (Fsp3) is 0.421. The van der Waals surface area contributed by atoms with Crippen molar-refractivity contribution in [2.24, 2.45) is 0 Å². The molecule has 0 unspecified atom stereocenters. The molecule has 2 aliphatic rings. The molecule has 13 nitrogen and oxygen atoms in total. The Labute approximate surface area is 308 Å². The lowest BCUT2D eigenvalue weighted by Gasteiger charge is -2.33. The molecule has 0 bridgehead atoms. The molecule has 5 aromatic rings. The van der Waals surface area contributed by atoms with Crippen LogP contribution < -0.4 is 20.3 Å². The van der Waals surface area contributed by atoms with Crippen molar-refractivity contribution in [3.05, 3.63) is 95.1 Å². The van der Waals surface area contributed by atoms with E-state index in [0.717, 1.165) is 48.4 Å². The van der Waals surface area contributed by atoms with Gasteiger partial charge in [-0.3, -0.25) is 13.9 Å². The summed E-state index contributed by atoms with van der Waals surface area (Å²) in [5.74, 6) is 1.25. The second-order valence-electron chi connectivity index (χ2n) is 15.0. The number of fused-ring (bicyclic) bond motifs is 2. The molecule has 4 heterocycles. The van der Waals surface area contributed by atoms with Crippen LogP contribution in [0.4, 0.5) is 21.0 Å². The number of urea groups is 1. The third-order valence-corrected chi connectivity index (χ3v) is 10.3. The molecule has 280 valence electrons. The first-order chi connectivity index (χ1) is 25.2. The van der Waals surface area contributed by atoms with Crippen molar-refractivity contribution in [1.29, 1.82) is 0 Å². The molecule has 1 aliphatic heterocycles. The van der Waals surface area contributed by atoms with Gasteiger partial charge in [-0.05, 0) is 86.1 Å². The van der Waals surface area contributed by atoms with Crippen LogP contribution in [0, 0.1) is 5.82 Å². The van der Waals surface area contributed by atoms with Crippen LogP contribution in [-0.2, 0) is 26.3 Å². The number of ether oxygens (including phenoxy) is 1. The van der Waals surface area contributed by atoms with Crippen LogP contribution in [0.25, 0.3) is 11.3 Å². The van der Waals surface area contributed by atoms with Gasteiger partial charge in [-0.1, -0.05) is 45.0 Å². The number of carbonyl (C=O) groups excluding carboxylic acids is 1. The lowest BCUT2D eigenvalue weighted by molar-refractivity contribution is 0.171. The zero-order chi connectivity index (χ0) is 37.5. The maximum Gasteiger partial charge on any atom is 0.320 e. The summed E-state index contributed by atoms with van der Waals surface area (Å²) in [4.78, 5) is 16.0. The maximum atomic E-state index is 14.8. The first-order valence-corrected chi connectivity index (χ1v) is 19.7. The number of nitrogens with zero attached hydrogens (tertiary/aromatic N) is 6. The highest BCUT2D eigenvalue weighted by Gasteiger charge is 2.31. The van der Waals surface area contributed by atoms with E-state index in [1.807, 2.05) is 67.8 Å². The number of halogens is 1. The second-order valence-corrected chi connectivity index (χ2v) is 16.6. The fourth-order valence-corrected chi connectivity index (χ4v) is 7.42. The lowest BCUT2D eigenvalue weighted by Crippen LogP contribution is -2.38. The summed E-state index contributed by atoms with van der Waals surface area (Å²) in [7, 11) is -3.75. The predicted octanol–water partition coefficient (Wildman–Crippen LogP) is 6.98. The van der Waals surface area contributed by atoms with Gasteiger partial charge in [-0.15, -0.1) is 10.2 Å². The highest BCUT2D eigenvalue weighted by atomic mass is 32.2. The molecule has 7 rings (SSSR count). The molecule has 2 N–H and O–H groups in total. The first kappa shape index (κ1) is 36.3. The first-order valence-electron chi connectivity index (χ1n) is 17.9. The number of hydrogen-bond acceptors (Lipinski definition) is 9. The Morgan fingerprint density at radius 2 is 1.79 bits per heavy atom. The number of rotatable bonds is 9. The molecule has 15 heteroatoms. The molecule has 3 aromatic heterocycles. The van der Waals surface area contributed by atoms with Gasteiger partial charge in [0.05, 0.1) is 36.5 Å².